The summed E-state index contributed by atoms with van der Waals surface area (Å²) in [6.07, 6.45) is 0. The minimum absolute atomic E-state index is 0.136. The molecule has 3 rings (SSSR count). The fourth-order valence-electron chi connectivity index (χ4n) is 2.27. The molecule has 2 N–H and O–H groups in total. The summed E-state index contributed by atoms with van der Waals surface area (Å²) >= 11 is 7.72. The highest BCUT2D eigenvalue weighted by atomic mass is 35.5. The van der Waals surface area contributed by atoms with Gasteiger partial charge in [-0.1, -0.05) is 53.7 Å². The van der Waals surface area contributed by atoms with Gasteiger partial charge in [-0.2, -0.15) is 4.39 Å². The molecule has 0 aliphatic heterocycles. The predicted molar refractivity (Wildman–Crippen MR) is 97.4 cm³/mol. The first-order valence-corrected chi connectivity index (χ1v) is 8.67. The summed E-state index contributed by atoms with van der Waals surface area (Å²) in [5, 5.41) is 13.3. The van der Waals surface area contributed by atoms with Crippen LogP contribution >= 0.6 is 23.4 Å². The fraction of sp³-hybridized carbons (Fsp3) is 0.0526. The Morgan fingerprint density at radius 2 is 1.60 bits per heavy atom. The van der Waals surface area contributed by atoms with Crippen molar-refractivity contribution in [2.75, 3.05) is 5.32 Å². The first-order chi connectivity index (χ1) is 12.1. The number of phenols is 1. The van der Waals surface area contributed by atoms with Crippen LogP contribution in [0.15, 0.2) is 70.5 Å². The molecule has 3 aromatic rings. The Hall–Kier alpha value is -2.24. The van der Waals surface area contributed by atoms with E-state index < -0.39 is 17.4 Å². The van der Waals surface area contributed by atoms with Gasteiger partial charge in [-0.3, -0.25) is 0 Å². The third kappa shape index (κ3) is 4.06. The summed E-state index contributed by atoms with van der Waals surface area (Å²) in [4.78, 5) is 1.90. The van der Waals surface area contributed by atoms with Crippen molar-refractivity contribution in [3.63, 3.8) is 0 Å². The maximum Gasteiger partial charge on any atom is 0.202 e. The van der Waals surface area contributed by atoms with Crippen LogP contribution in [0.5, 0.6) is 5.75 Å². The monoisotopic (exact) mass is 377 g/mol. The van der Waals surface area contributed by atoms with Crippen molar-refractivity contribution in [3.8, 4) is 5.75 Å². The van der Waals surface area contributed by atoms with E-state index in [9.17, 15) is 13.9 Å². The molecule has 0 spiro atoms. The Morgan fingerprint density at radius 1 is 0.920 bits per heavy atom. The van der Waals surface area contributed by atoms with Crippen LogP contribution in [0.2, 0.25) is 5.02 Å². The maximum atomic E-state index is 13.4. The minimum Gasteiger partial charge on any atom is -0.503 e. The second-order valence-corrected chi connectivity index (χ2v) is 6.74. The molecule has 128 valence electrons. The highest BCUT2D eigenvalue weighted by Gasteiger charge is 2.13. The van der Waals surface area contributed by atoms with E-state index >= 15 is 0 Å². The Kier molecular flexibility index (Phi) is 5.46. The van der Waals surface area contributed by atoms with Crippen LogP contribution in [-0.4, -0.2) is 5.11 Å². The highest BCUT2D eigenvalue weighted by molar-refractivity contribution is 7.99. The minimum atomic E-state index is -1.26. The number of phenolic OH excluding ortho intramolecular Hbond substituents is 1. The fourth-order valence-corrected chi connectivity index (χ4v) is 3.49. The van der Waals surface area contributed by atoms with Gasteiger partial charge in [-0.05, 0) is 35.9 Å². The van der Waals surface area contributed by atoms with Crippen LogP contribution < -0.4 is 5.32 Å². The number of hydrogen-bond donors (Lipinski definition) is 2. The van der Waals surface area contributed by atoms with Crippen molar-refractivity contribution in [1.82, 2.24) is 0 Å². The second-order valence-electron chi connectivity index (χ2n) is 5.25. The molecule has 3 aromatic carbocycles. The number of hydrogen-bond acceptors (Lipinski definition) is 3. The molecule has 0 amide bonds. The SMILES string of the molecule is Oc1c(NCc2ccccc2Sc2ccccc2Cl)ccc(F)c1F. The van der Waals surface area contributed by atoms with Crippen LogP contribution in [0.3, 0.4) is 0 Å². The number of benzene rings is 3. The first-order valence-electron chi connectivity index (χ1n) is 7.47. The van der Waals surface area contributed by atoms with Gasteiger partial charge in [0.1, 0.15) is 0 Å². The zero-order chi connectivity index (χ0) is 17.8. The standard InChI is InChI=1S/C19H14ClF2NOS/c20-13-6-2-4-8-17(13)25-16-7-3-1-5-12(16)11-23-15-10-9-14(21)18(22)19(15)24/h1-10,23-24H,11H2. The van der Waals surface area contributed by atoms with Gasteiger partial charge in [0.2, 0.25) is 5.82 Å². The van der Waals surface area contributed by atoms with E-state index in [0.717, 1.165) is 21.4 Å². The molecule has 0 fully saturated rings. The number of rotatable bonds is 5. The summed E-state index contributed by atoms with van der Waals surface area (Å²) in [5.41, 5.74) is 1.08. The van der Waals surface area contributed by atoms with Crippen molar-refractivity contribution >= 4 is 29.1 Å². The van der Waals surface area contributed by atoms with Crippen molar-refractivity contribution in [3.05, 3.63) is 82.9 Å². The Bertz CT molecular complexity index is 904. The van der Waals surface area contributed by atoms with Gasteiger partial charge >= 0.3 is 0 Å². The van der Waals surface area contributed by atoms with Crippen molar-refractivity contribution in [2.24, 2.45) is 0 Å². The Balaban J connectivity index is 1.80. The summed E-state index contributed by atoms with van der Waals surface area (Å²) in [6, 6.07) is 17.5. The summed E-state index contributed by atoms with van der Waals surface area (Å²) < 4.78 is 26.5. The lowest BCUT2D eigenvalue weighted by Gasteiger charge is -2.13. The average Bonchev–Trinajstić information content (AvgIpc) is 2.62. The van der Waals surface area contributed by atoms with Crippen LogP contribution in [0.1, 0.15) is 5.56 Å². The first kappa shape index (κ1) is 17.6. The van der Waals surface area contributed by atoms with E-state index in [1.807, 2.05) is 48.5 Å². The predicted octanol–water partition coefficient (Wildman–Crippen LogP) is 6.09. The van der Waals surface area contributed by atoms with E-state index in [1.54, 1.807) is 0 Å². The zero-order valence-corrected chi connectivity index (χ0v) is 14.5. The van der Waals surface area contributed by atoms with Crippen LogP contribution in [0.4, 0.5) is 14.5 Å². The van der Waals surface area contributed by atoms with Crippen LogP contribution in [-0.2, 0) is 6.54 Å². The van der Waals surface area contributed by atoms with Gasteiger partial charge in [0.05, 0.1) is 10.7 Å². The van der Waals surface area contributed by atoms with Gasteiger partial charge in [-0.25, -0.2) is 4.39 Å². The summed E-state index contributed by atoms with van der Waals surface area (Å²) in [6.45, 7) is 0.340. The van der Waals surface area contributed by atoms with Gasteiger partial charge in [0.25, 0.3) is 0 Å². The molecule has 0 unspecified atom stereocenters. The van der Waals surface area contributed by atoms with E-state index in [1.165, 1.54) is 17.8 Å². The van der Waals surface area contributed by atoms with Gasteiger partial charge in [0, 0.05) is 16.3 Å². The molecule has 0 saturated heterocycles. The molecule has 6 heteroatoms. The molecule has 0 aromatic heterocycles. The number of anilines is 1. The zero-order valence-electron chi connectivity index (χ0n) is 13.0. The number of nitrogens with one attached hydrogen (secondary N) is 1. The molecule has 0 bridgehead atoms. The largest absolute Gasteiger partial charge is 0.503 e. The van der Waals surface area contributed by atoms with Crippen molar-refractivity contribution in [2.45, 2.75) is 16.3 Å². The normalized spacial score (nSPS) is 10.7. The third-order valence-electron chi connectivity index (χ3n) is 3.57. The smallest absolute Gasteiger partial charge is 0.202 e. The Labute approximate surface area is 153 Å². The van der Waals surface area contributed by atoms with E-state index in [4.69, 9.17) is 11.6 Å². The van der Waals surface area contributed by atoms with E-state index in [0.29, 0.717) is 11.6 Å². The van der Waals surface area contributed by atoms with Gasteiger partial charge in [-0.15, -0.1) is 0 Å². The molecule has 25 heavy (non-hydrogen) atoms. The number of aromatic hydroxyl groups is 1. The number of halogens is 3. The highest BCUT2D eigenvalue weighted by Crippen LogP contribution is 2.35. The summed E-state index contributed by atoms with van der Waals surface area (Å²) in [5.74, 6) is -3.07. The van der Waals surface area contributed by atoms with Gasteiger partial charge < -0.3 is 10.4 Å². The third-order valence-corrected chi connectivity index (χ3v) is 5.20. The molecule has 0 radical (unpaired) electrons. The molecule has 0 aliphatic carbocycles. The molecule has 2 nitrogen and oxygen atoms in total. The van der Waals surface area contributed by atoms with Crippen molar-refractivity contribution < 1.29 is 13.9 Å². The van der Waals surface area contributed by atoms with E-state index in [-0.39, 0.29) is 5.69 Å². The van der Waals surface area contributed by atoms with Crippen LogP contribution in [0, 0.1) is 11.6 Å². The van der Waals surface area contributed by atoms with Gasteiger partial charge in [0.15, 0.2) is 11.6 Å². The second kappa shape index (κ2) is 7.76. The molecule has 0 atom stereocenters. The molecular weight excluding hydrogens is 364 g/mol. The lowest BCUT2D eigenvalue weighted by atomic mass is 10.2. The Morgan fingerprint density at radius 3 is 2.36 bits per heavy atom. The molecule has 0 saturated carbocycles. The van der Waals surface area contributed by atoms with E-state index in [2.05, 4.69) is 5.32 Å². The average molecular weight is 378 g/mol. The lowest BCUT2D eigenvalue weighted by Crippen LogP contribution is -2.02. The molecule has 0 heterocycles. The topological polar surface area (TPSA) is 32.3 Å². The molecule has 0 aliphatic rings. The maximum absolute atomic E-state index is 13.4. The quantitative estimate of drug-likeness (QED) is 0.528. The van der Waals surface area contributed by atoms with Crippen LogP contribution in [0.25, 0.3) is 0 Å². The summed E-state index contributed by atoms with van der Waals surface area (Å²) in [7, 11) is 0. The molecular formula is C19H14ClF2NOS. The lowest BCUT2D eigenvalue weighted by molar-refractivity contribution is 0.409. The van der Waals surface area contributed by atoms with Crippen molar-refractivity contribution in [1.29, 1.82) is 0 Å².